The van der Waals surface area contributed by atoms with Crippen LogP contribution in [0.3, 0.4) is 0 Å². The zero-order valence-corrected chi connectivity index (χ0v) is 12.9. The van der Waals surface area contributed by atoms with E-state index < -0.39 is 0 Å². The summed E-state index contributed by atoms with van der Waals surface area (Å²) in [6.45, 7) is 4.36. The van der Waals surface area contributed by atoms with Gasteiger partial charge < -0.3 is 5.32 Å². The molecule has 0 saturated heterocycles. The Hall–Kier alpha value is -2.31. The Morgan fingerprint density at radius 2 is 1.81 bits per heavy atom. The highest BCUT2D eigenvalue weighted by molar-refractivity contribution is 7.19. The standard InChI is InChI=1S/C18H16N2S/c1-12-16-5-3-4-6-17(16)21-18(12)13(2)20-15-9-7-14(11-19)8-10-15/h3-10,13,20H,1-2H3. The van der Waals surface area contributed by atoms with Crippen molar-refractivity contribution in [2.24, 2.45) is 0 Å². The number of thiophene rings is 1. The molecule has 0 aliphatic rings. The lowest BCUT2D eigenvalue weighted by Crippen LogP contribution is -2.05. The molecular formula is C18H16N2S. The third-order valence-electron chi connectivity index (χ3n) is 3.67. The molecule has 0 saturated carbocycles. The number of anilines is 1. The van der Waals surface area contributed by atoms with Crippen molar-refractivity contribution in [2.75, 3.05) is 5.32 Å². The van der Waals surface area contributed by atoms with Crippen LogP contribution in [-0.4, -0.2) is 0 Å². The van der Waals surface area contributed by atoms with E-state index >= 15 is 0 Å². The third kappa shape index (κ3) is 2.63. The van der Waals surface area contributed by atoms with Crippen molar-refractivity contribution in [3.05, 3.63) is 64.5 Å². The molecular weight excluding hydrogens is 276 g/mol. The fourth-order valence-corrected chi connectivity index (χ4v) is 3.78. The lowest BCUT2D eigenvalue weighted by atomic mass is 10.1. The molecule has 1 aromatic heterocycles. The number of hydrogen-bond acceptors (Lipinski definition) is 3. The van der Waals surface area contributed by atoms with Gasteiger partial charge in [-0.05, 0) is 55.1 Å². The first kappa shape index (κ1) is 13.7. The monoisotopic (exact) mass is 292 g/mol. The Bertz CT molecular complexity index is 809. The van der Waals surface area contributed by atoms with Crippen molar-refractivity contribution < 1.29 is 0 Å². The second-order valence-corrected chi connectivity index (χ2v) is 6.23. The van der Waals surface area contributed by atoms with Crippen molar-refractivity contribution >= 4 is 27.1 Å². The summed E-state index contributed by atoms with van der Waals surface area (Å²) in [5.41, 5.74) is 3.08. The lowest BCUT2D eigenvalue weighted by molar-refractivity contribution is 0.900. The molecule has 0 fully saturated rings. The number of nitrogens with zero attached hydrogens (tertiary/aromatic N) is 1. The summed E-state index contributed by atoms with van der Waals surface area (Å²) < 4.78 is 1.33. The first-order valence-electron chi connectivity index (χ1n) is 6.94. The van der Waals surface area contributed by atoms with Gasteiger partial charge >= 0.3 is 0 Å². The van der Waals surface area contributed by atoms with Gasteiger partial charge in [0.1, 0.15) is 0 Å². The van der Waals surface area contributed by atoms with Gasteiger partial charge in [-0.2, -0.15) is 5.26 Å². The first-order chi connectivity index (χ1) is 10.2. The maximum absolute atomic E-state index is 8.84. The van der Waals surface area contributed by atoms with Crippen LogP contribution in [0.4, 0.5) is 5.69 Å². The molecule has 0 spiro atoms. The highest BCUT2D eigenvalue weighted by atomic mass is 32.1. The lowest BCUT2D eigenvalue weighted by Gasteiger charge is -2.15. The summed E-state index contributed by atoms with van der Waals surface area (Å²) in [5, 5.41) is 13.7. The Balaban J connectivity index is 1.88. The normalized spacial score (nSPS) is 12.0. The second-order valence-electron chi connectivity index (χ2n) is 5.14. The minimum absolute atomic E-state index is 0.246. The van der Waals surface area contributed by atoms with Gasteiger partial charge in [0.2, 0.25) is 0 Å². The SMILES string of the molecule is Cc1c(C(C)Nc2ccc(C#N)cc2)sc2ccccc12. The molecule has 1 atom stereocenters. The number of hydrogen-bond donors (Lipinski definition) is 1. The molecule has 1 unspecified atom stereocenters. The van der Waals surface area contributed by atoms with E-state index in [0.717, 1.165) is 5.69 Å². The van der Waals surface area contributed by atoms with Crippen molar-refractivity contribution in [2.45, 2.75) is 19.9 Å². The largest absolute Gasteiger partial charge is 0.378 e. The fourth-order valence-electron chi connectivity index (χ4n) is 2.56. The van der Waals surface area contributed by atoms with E-state index in [4.69, 9.17) is 5.26 Å². The summed E-state index contributed by atoms with van der Waals surface area (Å²) in [4.78, 5) is 1.36. The fraction of sp³-hybridized carbons (Fsp3) is 0.167. The summed E-state index contributed by atoms with van der Waals surface area (Å²) in [6, 6.07) is 18.5. The predicted molar refractivity (Wildman–Crippen MR) is 89.8 cm³/mol. The summed E-state index contributed by atoms with van der Waals surface area (Å²) in [6.07, 6.45) is 0. The van der Waals surface area contributed by atoms with Crippen LogP contribution in [0.15, 0.2) is 48.5 Å². The van der Waals surface area contributed by atoms with Crippen molar-refractivity contribution in [1.29, 1.82) is 5.26 Å². The summed E-state index contributed by atoms with van der Waals surface area (Å²) in [7, 11) is 0. The summed E-state index contributed by atoms with van der Waals surface area (Å²) >= 11 is 1.84. The first-order valence-corrected chi connectivity index (χ1v) is 7.75. The quantitative estimate of drug-likeness (QED) is 0.715. The average molecular weight is 292 g/mol. The van der Waals surface area contributed by atoms with E-state index in [1.165, 1.54) is 20.5 Å². The van der Waals surface area contributed by atoms with Crippen LogP contribution in [0.2, 0.25) is 0 Å². The number of nitrogens with one attached hydrogen (secondary N) is 1. The minimum atomic E-state index is 0.246. The molecule has 1 N–H and O–H groups in total. The van der Waals surface area contributed by atoms with Crippen LogP contribution in [0.1, 0.15) is 29.0 Å². The molecule has 0 amide bonds. The van der Waals surface area contributed by atoms with E-state index in [1.54, 1.807) is 0 Å². The molecule has 2 aromatic carbocycles. The molecule has 3 heteroatoms. The Morgan fingerprint density at radius 3 is 2.48 bits per heavy atom. The zero-order chi connectivity index (χ0) is 14.8. The molecule has 0 aliphatic heterocycles. The van der Waals surface area contributed by atoms with Crippen LogP contribution in [-0.2, 0) is 0 Å². The highest BCUT2D eigenvalue weighted by Gasteiger charge is 2.14. The molecule has 3 aromatic rings. The highest BCUT2D eigenvalue weighted by Crippen LogP contribution is 2.35. The molecule has 0 radical (unpaired) electrons. The van der Waals surface area contributed by atoms with E-state index in [1.807, 2.05) is 35.6 Å². The third-order valence-corrected chi connectivity index (χ3v) is 5.13. The van der Waals surface area contributed by atoms with Crippen molar-refractivity contribution in [3.8, 4) is 6.07 Å². The number of fused-ring (bicyclic) bond motifs is 1. The van der Waals surface area contributed by atoms with Crippen LogP contribution < -0.4 is 5.32 Å². The van der Waals surface area contributed by atoms with Crippen LogP contribution >= 0.6 is 11.3 Å². The summed E-state index contributed by atoms with van der Waals surface area (Å²) in [5.74, 6) is 0. The van der Waals surface area contributed by atoms with Gasteiger partial charge in [-0.3, -0.25) is 0 Å². The zero-order valence-electron chi connectivity index (χ0n) is 12.1. The number of rotatable bonds is 3. The number of nitriles is 1. The Labute approximate surface area is 128 Å². The Kier molecular flexibility index (Phi) is 3.64. The number of aryl methyl sites for hydroxylation is 1. The topological polar surface area (TPSA) is 35.8 Å². The maximum Gasteiger partial charge on any atom is 0.0991 e. The Morgan fingerprint density at radius 1 is 1.10 bits per heavy atom. The van der Waals surface area contributed by atoms with E-state index in [0.29, 0.717) is 5.56 Å². The van der Waals surface area contributed by atoms with Crippen molar-refractivity contribution in [3.63, 3.8) is 0 Å². The van der Waals surface area contributed by atoms with E-state index in [2.05, 4.69) is 49.5 Å². The average Bonchev–Trinajstić information content (AvgIpc) is 2.86. The predicted octanol–water partition coefficient (Wildman–Crippen LogP) is 5.25. The van der Waals surface area contributed by atoms with Crippen LogP contribution in [0.5, 0.6) is 0 Å². The molecule has 1 heterocycles. The van der Waals surface area contributed by atoms with Gasteiger partial charge in [-0.25, -0.2) is 0 Å². The van der Waals surface area contributed by atoms with E-state index in [9.17, 15) is 0 Å². The molecule has 0 bridgehead atoms. The van der Waals surface area contributed by atoms with Gasteiger partial charge in [0.05, 0.1) is 17.7 Å². The molecule has 3 rings (SSSR count). The van der Waals surface area contributed by atoms with Gasteiger partial charge in [0, 0.05) is 15.3 Å². The molecule has 0 aliphatic carbocycles. The van der Waals surface area contributed by atoms with Crippen molar-refractivity contribution in [1.82, 2.24) is 0 Å². The van der Waals surface area contributed by atoms with Gasteiger partial charge in [0.15, 0.2) is 0 Å². The molecule has 104 valence electrons. The second kappa shape index (κ2) is 5.59. The molecule has 21 heavy (non-hydrogen) atoms. The minimum Gasteiger partial charge on any atom is -0.378 e. The molecule has 2 nitrogen and oxygen atoms in total. The van der Waals surface area contributed by atoms with E-state index in [-0.39, 0.29) is 6.04 Å². The van der Waals surface area contributed by atoms with Gasteiger partial charge in [0.25, 0.3) is 0 Å². The van der Waals surface area contributed by atoms with Crippen LogP contribution in [0.25, 0.3) is 10.1 Å². The maximum atomic E-state index is 8.84. The smallest absolute Gasteiger partial charge is 0.0991 e. The van der Waals surface area contributed by atoms with Gasteiger partial charge in [-0.1, -0.05) is 18.2 Å². The number of benzene rings is 2. The van der Waals surface area contributed by atoms with Crippen LogP contribution in [0, 0.1) is 18.3 Å². The van der Waals surface area contributed by atoms with Gasteiger partial charge in [-0.15, -0.1) is 11.3 Å².